The number of nitrogens with one attached hydrogen (secondary N) is 1. The third-order valence-electron chi connectivity index (χ3n) is 5.17. The smallest absolute Gasteiger partial charge is 0.310 e. The molecule has 1 aromatic heterocycles. The van der Waals surface area contributed by atoms with Gasteiger partial charge < -0.3 is 10.1 Å². The molecule has 0 aliphatic heterocycles. The van der Waals surface area contributed by atoms with Crippen LogP contribution >= 0.6 is 11.3 Å². The Labute approximate surface area is 171 Å². The zero-order chi connectivity index (χ0) is 20.2. The minimum atomic E-state index is -0.447. The van der Waals surface area contributed by atoms with E-state index < -0.39 is 5.91 Å². The van der Waals surface area contributed by atoms with Crippen molar-refractivity contribution in [3.05, 3.63) is 59.4 Å². The third kappa shape index (κ3) is 4.62. The number of carbonyl (C=O) groups excluding carboxylic acids is 2. The van der Waals surface area contributed by atoms with Gasteiger partial charge in [-0.15, -0.1) is 11.3 Å². The van der Waals surface area contributed by atoms with E-state index in [1.807, 2.05) is 24.3 Å². The van der Waals surface area contributed by atoms with Crippen LogP contribution in [-0.2, 0) is 14.3 Å². The summed E-state index contributed by atoms with van der Waals surface area (Å²) in [5.74, 6) is -1.45. The number of rotatable bonds is 5. The number of anilines is 1. The number of esters is 1. The van der Waals surface area contributed by atoms with E-state index in [0.29, 0.717) is 5.69 Å². The third-order valence-corrected chi connectivity index (χ3v) is 6.34. The van der Waals surface area contributed by atoms with Gasteiger partial charge in [0.25, 0.3) is 5.91 Å². The average Bonchev–Trinajstić information content (AvgIpc) is 3.18. The van der Waals surface area contributed by atoms with Gasteiger partial charge in [0.2, 0.25) is 0 Å². The van der Waals surface area contributed by atoms with Crippen molar-refractivity contribution < 1.29 is 18.7 Å². The summed E-state index contributed by atoms with van der Waals surface area (Å²) in [7, 11) is 0. The summed E-state index contributed by atoms with van der Waals surface area (Å²) >= 11 is 1.62. The maximum atomic E-state index is 12.9. The number of hydrogen-bond acceptors (Lipinski definition) is 5. The summed E-state index contributed by atoms with van der Waals surface area (Å²) in [5, 5.41) is 3.56. The van der Waals surface area contributed by atoms with Crippen molar-refractivity contribution in [1.82, 2.24) is 4.98 Å². The SMILES string of the molecule is O=C(COC(=O)[C@@H]1CCCC[C@H]1c1nc2ccccc2s1)Nc1ccc(F)cc1. The molecule has 1 fully saturated rings. The number of halogens is 1. The highest BCUT2D eigenvalue weighted by Gasteiger charge is 2.35. The predicted octanol–water partition coefficient (Wildman–Crippen LogP) is 4.89. The van der Waals surface area contributed by atoms with Gasteiger partial charge in [-0.3, -0.25) is 9.59 Å². The number of thiazole rings is 1. The number of para-hydroxylation sites is 1. The van der Waals surface area contributed by atoms with E-state index in [-0.39, 0.29) is 30.2 Å². The molecule has 2 aromatic carbocycles. The molecule has 0 spiro atoms. The lowest BCUT2D eigenvalue weighted by Crippen LogP contribution is -2.30. The predicted molar refractivity (Wildman–Crippen MR) is 110 cm³/mol. The van der Waals surface area contributed by atoms with Crippen molar-refractivity contribution in [2.75, 3.05) is 11.9 Å². The average molecular weight is 412 g/mol. The van der Waals surface area contributed by atoms with Gasteiger partial charge in [-0.05, 0) is 49.2 Å². The Balaban J connectivity index is 1.39. The fourth-order valence-corrected chi connectivity index (χ4v) is 4.90. The highest BCUT2D eigenvalue weighted by Crippen LogP contribution is 2.41. The van der Waals surface area contributed by atoms with E-state index in [1.165, 1.54) is 24.3 Å². The zero-order valence-electron chi connectivity index (χ0n) is 15.8. The van der Waals surface area contributed by atoms with Crippen molar-refractivity contribution in [2.45, 2.75) is 31.6 Å². The number of nitrogens with zero attached hydrogens (tertiary/aromatic N) is 1. The number of fused-ring (bicyclic) bond motifs is 1. The molecule has 5 nitrogen and oxygen atoms in total. The van der Waals surface area contributed by atoms with Crippen LogP contribution in [0.25, 0.3) is 10.2 Å². The van der Waals surface area contributed by atoms with Crippen LogP contribution in [0.1, 0.15) is 36.6 Å². The van der Waals surface area contributed by atoms with Gasteiger partial charge in [0.1, 0.15) is 5.82 Å². The molecule has 0 saturated heterocycles. The van der Waals surface area contributed by atoms with Gasteiger partial charge in [-0.1, -0.05) is 25.0 Å². The molecule has 1 aliphatic carbocycles. The van der Waals surface area contributed by atoms with Crippen LogP contribution in [0.5, 0.6) is 0 Å². The molecule has 150 valence electrons. The zero-order valence-corrected chi connectivity index (χ0v) is 16.6. The summed E-state index contributed by atoms with van der Waals surface area (Å²) in [4.78, 5) is 29.5. The molecule has 1 saturated carbocycles. The second kappa shape index (κ2) is 8.69. The summed E-state index contributed by atoms with van der Waals surface area (Å²) in [6.07, 6.45) is 3.64. The molecule has 0 radical (unpaired) electrons. The fraction of sp³-hybridized carbons (Fsp3) is 0.318. The minimum absolute atomic E-state index is 0.0220. The van der Waals surface area contributed by atoms with Crippen molar-refractivity contribution in [3.63, 3.8) is 0 Å². The van der Waals surface area contributed by atoms with Crippen molar-refractivity contribution in [1.29, 1.82) is 0 Å². The van der Waals surface area contributed by atoms with Crippen molar-refractivity contribution in [3.8, 4) is 0 Å². The first-order chi connectivity index (χ1) is 14.1. The summed E-state index contributed by atoms with van der Waals surface area (Å²) in [6, 6.07) is 13.4. The first-order valence-corrected chi connectivity index (χ1v) is 10.5. The van der Waals surface area contributed by atoms with Crippen LogP contribution in [0.15, 0.2) is 48.5 Å². The Bertz CT molecular complexity index is 985. The molecule has 1 N–H and O–H groups in total. The lowest BCUT2D eigenvalue weighted by atomic mass is 9.79. The molecule has 0 unspecified atom stereocenters. The summed E-state index contributed by atoms with van der Waals surface area (Å²) in [5.41, 5.74) is 1.40. The van der Waals surface area contributed by atoms with E-state index in [1.54, 1.807) is 11.3 Å². The Kier molecular flexibility index (Phi) is 5.85. The summed E-state index contributed by atoms with van der Waals surface area (Å²) < 4.78 is 19.4. The number of hydrogen-bond donors (Lipinski definition) is 1. The molecule has 0 bridgehead atoms. The van der Waals surface area contributed by atoms with E-state index in [2.05, 4.69) is 5.32 Å². The van der Waals surface area contributed by atoms with E-state index in [4.69, 9.17) is 9.72 Å². The number of ether oxygens (including phenoxy) is 1. The Morgan fingerprint density at radius 3 is 2.66 bits per heavy atom. The maximum absolute atomic E-state index is 12.9. The van der Waals surface area contributed by atoms with E-state index >= 15 is 0 Å². The Morgan fingerprint density at radius 1 is 1.10 bits per heavy atom. The first kappa shape index (κ1) is 19.5. The standard InChI is InChI=1S/C22H21FN2O3S/c23-14-9-11-15(12-10-14)24-20(26)13-28-22(27)17-6-2-1-5-16(17)21-25-18-7-3-4-8-19(18)29-21/h3-4,7-12,16-17H,1-2,5-6,13H2,(H,24,26)/t16-,17-/m1/s1. The molecule has 1 heterocycles. The number of carbonyl (C=O) groups is 2. The van der Waals surface area contributed by atoms with Gasteiger partial charge in [0.15, 0.2) is 6.61 Å². The number of aromatic nitrogens is 1. The molecule has 29 heavy (non-hydrogen) atoms. The molecular weight excluding hydrogens is 391 g/mol. The largest absolute Gasteiger partial charge is 0.455 e. The minimum Gasteiger partial charge on any atom is -0.455 e. The molecule has 3 aromatic rings. The molecule has 1 aliphatic rings. The van der Waals surface area contributed by atoms with E-state index in [9.17, 15) is 14.0 Å². The van der Waals surface area contributed by atoms with Crippen molar-refractivity contribution in [2.24, 2.45) is 5.92 Å². The lowest BCUT2D eigenvalue weighted by Gasteiger charge is -2.28. The van der Waals surface area contributed by atoms with Gasteiger partial charge in [-0.25, -0.2) is 9.37 Å². The molecule has 2 atom stereocenters. The van der Waals surface area contributed by atoms with Crippen LogP contribution in [0.4, 0.5) is 10.1 Å². The Morgan fingerprint density at radius 2 is 1.86 bits per heavy atom. The van der Waals surface area contributed by atoms with Gasteiger partial charge in [0, 0.05) is 11.6 Å². The summed E-state index contributed by atoms with van der Waals surface area (Å²) in [6.45, 7) is -0.362. The van der Waals surface area contributed by atoms with E-state index in [0.717, 1.165) is 40.9 Å². The topological polar surface area (TPSA) is 68.3 Å². The van der Waals surface area contributed by atoms with Crippen LogP contribution in [0, 0.1) is 11.7 Å². The molecule has 4 rings (SSSR count). The highest BCUT2D eigenvalue weighted by molar-refractivity contribution is 7.18. The quantitative estimate of drug-likeness (QED) is 0.606. The van der Waals surface area contributed by atoms with Gasteiger partial charge in [0.05, 0.1) is 21.1 Å². The fourth-order valence-electron chi connectivity index (χ4n) is 3.73. The van der Waals surface area contributed by atoms with Gasteiger partial charge >= 0.3 is 5.97 Å². The second-order valence-corrected chi connectivity index (χ2v) is 8.24. The molecule has 7 heteroatoms. The second-order valence-electron chi connectivity index (χ2n) is 7.18. The maximum Gasteiger partial charge on any atom is 0.310 e. The van der Waals surface area contributed by atoms with Crippen LogP contribution < -0.4 is 5.32 Å². The first-order valence-electron chi connectivity index (χ1n) is 9.67. The molecule has 1 amide bonds. The monoisotopic (exact) mass is 412 g/mol. The van der Waals surface area contributed by atoms with Crippen LogP contribution in [-0.4, -0.2) is 23.5 Å². The normalized spacial score (nSPS) is 19.1. The highest BCUT2D eigenvalue weighted by atomic mass is 32.1. The van der Waals surface area contributed by atoms with Crippen LogP contribution in [0.3, 0.4) is 0 Å². The number of benzene rings is 2. The van der Waals surface area contributed by atoms with Crippen LogP contribution in [0.2, 0.25) is 0 Å². The molecular formula is C22H21FN2O3S. The number of amides is 1. The Hall–Kier alpha value is -2.80. The lowest BCUT2D eigenvalue weighted by molar-refractivity contribution is -0.153. The van der Waals surface area contributed by atoms with Crippen molar-refractivity contribution >= 4 is 39.1 Å². The van der Waals surface area contributed by atoms with Gasteiger partial charge in [-0.2, -0.15) is 0 Å².